The van der Waals surface area contributed by atoms with E-state index in [1.165, 1.54) is 0 Å². The molecule has 2 amide bonds. The summed E-state index contributed by atoms with van der Waals surface area (Å²) < 4.78 is 7.13. The van der Waals surface area contributed by atoms with Gasteiger partial charge in [0.25, 0.3) is 0 Å². The number of amides is 2. The fourth-order valence-electron chi connectivity index (χ4n) is 3.55. The molecule has 3 rings (SSSR count). The van der Waals surface area contributed by atoms with E-state index in [1.54, 1.807) is 4.90 Å². The number of aryl methyl sites for hydroxylation is 1. The van der Waals surface area contributed by atoms with Crippen molar-refractivity contribution in [3.63, 3.8) is 0 Å². The Morgan fingerprint density at radius 1 is 1.22 bits per heavy atom. The predicted octanol–water partition coefficient (Wildman–Crippen LogP) is 1.95. The molecule has 0 unspecified atom stereocenters. The van der Waals surface area contributed by atoms with E-state index in [4.69, 9.17) is 4.74 Å². The monoisotopic (exact) mass is 372 g/mol. The Kier molecular flexibility index (Phi) is 6.45. The van der Waals surface area contributed by atoms with Gasteiger partial charge in [0.15, 0.2) is 0 Å². The molecular formula is C20H28N4O3. The van der Waals surface area contributed by atoms with Gasteiger partial charge in [0.1, 0.15) is 6.61 Å². The molecule has 27 heavy (non-hydrogen) atoms. The smallest absolute Gasteiger partial charge is 0.248 e. The minimum Gasteiger partial charge on any atom is -0.372 e. The lowest BCUT2D eigenvalue weighted by Gasteiger charge is -2.31. The van der Waals surface area contributed by atoms with Gasteiger partial charge >= 0.3 is 0 Å². The summed E-state index contributed by atoms with van der Waals surface area (Å²) in [6.07, 6.45) is 1.38. The number of piperidine rings is 1. The topological polar surface area (TPSA) is 76.5 Å². The molecule has 1 saturated heterocycles. The van der Waals surface area contributed by atoms with E-state index in [-0.39, 0.29) is 24.3 Å². The van der Waals surface area contributed by atoms with Crippen LogP contribution in [0.2, 0.25) is 0 Å². The summed E-state index contributed by atoms with van der Waals surface area (Å²) >= 11 is 0. The number of benzene rings is 1. The maximum Gasteiger partial charge on any atom is 0.248 e. The van der Waals surface area contributed by atoms with Gasteiger partial charge in [0.05, 0.1) is 17.8 Å². The van der Waals surface area contributed by atoms with Crippen LogP contribution in [0.5, 0.6) is 0 Å². The summed E-state index contributed by atoms with van der Waals surface area (Å²) in [4.78, 5) is 26.3. The molecule has 7 heteroatoms. The van der Waals surface area contributed by atoms with Crippen LogP contribution >= 0.6 is 0 Å². The van der Waals surface area contributed by atoms with Crippen LogP contribution in [0.4, 0.5) is 0 Å². The molecule has 1 aromatic heterocycles. The van der Waals surface area contributed by atoms with Crippen LogP contribution in [0.15, 0.2) is 24.3 Å². The Labute approximate surface area is 159 Å². The fourth-order valence-corrected chi connectivity index (χ4v) is 3.55. The zero-order valence-electron chi connectivity index (χ0n) is 16.1. The normalized spacial score (nSPS) is 15.3. The zero-order valence-corrected chi connectivity index (χ0v) is 16.1. The van der Waals surface area contributed by atoms with E-state index >= 15 is 0 Å². The van der Waals surface area contributed by atoms with Gasteiger partial charge in [-0.25, -0.2) is 0 Å². The number of carbonyl (C=O) groups excluding carboxylic acids is 2. The number of nitrogens with zero attached hydrogens (tertiary/aromatic N) is 3. The molecule has 0 atom stereocenters. The first-order valence-electron chi connectivity index (χ1n) is 9.71. The molecule has 1 aliphatic heterocycles. The number of likely N-dealkylation sites (tertiary alicyclic amines) is 1. The van der Waals surface area contributed by atoms with Gasteiger partial charge < -0.3 is 15.0 Å². The molecule has 146 valence electrons. The SMILES string of the molecule is CCOCC(=O)N1CCC(C(=O)NCc2nn(CC)c3ccccc23)CC1. The molecular weight excluding hydrogens is 344 g/mol. The zero-order chi connectivity index (χ0) is 19.2. The lowest BCUT2D eigenvalue weighted by atomic mass is 9.96. The van der Waals surface area contributed by atoms with Crippen molar-refractivity contribution in [2.75, 3.05) is 26.3 Å². The van der Waals surface area contributed by atoms with Gasteiger partial charge in [-0.2, -0.15) is 5.10 Å². The molecule has 0 bridgehead atoms. The summed E-state index contributed by atoms with van der Waals surface area (Å²) in [6, 6.07) is 8.08. The van der Waals surface area contributed by atoms with Gasteiger partial charge in [-0.05, 0) is 32.8 Å². The van der Waals surface area contributed by atoms with E-state index in [2.05, 4.69) is 17.3 Å². The lowest BCUT2D eigenvalue weighted by molar-refractivity contribution is -0.139. The average molecular weight is 372 g/mol. The fraction of sp³-hybridized carbons (Fsp3) is 0.550. The first-order valence-corrected chi connectivity index (χ1v) is 9.71. The molecule has 0 radical (unpaired) electrons. The van der Waals surface area contributed by atoms with Gasteiger partial charge in [-0.1, -0.05) is 18.2 Å². The molecule has 7 nitrogen and oxygen atoms in total. The summed E-state index contributed by atoms with van der Waals surface area (Å²) in [7, 11) is 0. The molecule has 1 aromatic carbocycles. The van der Waals surface area contributed by atoms with E-state index in [0.717, 1.165) is 23.1 Å². The number of hydrogen-bond donors (Lipinski definition) is 1. The first kappa shape index (κ1) is 19.4. The van der Waals surface area contributed by atoms with Crippen LogP contribution in [-0.4, -0.2) is 52.8 Å². The highest BCUT2D eigenvalue weighted by Gasteiger charge is 2.27. The van der Waals surface area contributed by atoms with Crippen LogP contribution in [0.3, 0.4) is 0 Å². The summed E-state index contributed by atoms with van der Waals surface area (Å²) in [5, 5.41) is 8.74. The highest BCUT2D eigenvalue weighted by Crippen LogP contribution is 2.20. The van der Waals surface area contributed by atoms with Gasteiger partial charge in [-0.15, -0.1) is 0 Å². The third-order valence-corrected chi connectivity index (χ3v) is 5.11. The summed E-state index contributed by atoms with van der Waals surface area (Å²) in [6.45, 7) is 7.03. The Balaban J connectivity index is 1.53. The molecule has 1 N–H and O–H groups in total. The Morgan fingerprint density at radius 3 is 2.67 bits per heavy atom. The van der Waals surface area contributed by atoms with Crippen LogP contribution in [0, 0.1) is 5.92 Å². The van der Waals surface area contributed by atoms with Crippen molar-refractivity contribution in [1.29, 1.82) is 0 Å². The number of hydrogen-bond acceptors (Lipinski definition) is 4. The maximum absolute atomic E-state index is 12.6. The van der Waals surface area contributed by atoms with Gasteiger partial charge in [0.2, 0.25) is 11.8 Å². The minimum absolute atomic E-state index is 0.00674. The van der Waals surface area contributed by atoms with Crippen molar-refractivity contribution in [3.05, 3.63) is 30.0 Å². The second kappa shape index (κ2) is 8.99. The first-order chi connectivity index (χ1) is 13.1. The summed E-state index contributed by atoms with van der Waals surface area (Å²) in [5.41, 5.74) is 1.98. The van der Waals surface area contributed by atoms with Gasteiger partial charge in [-0.3, -0.25) is 14.3 Å². The number of carbonyl (C=O) groups is 2. The van der Waals surface area contributed by atoms with E-state index in [0.29, 0.717) is 39.1 Å². The van der Waals surface area contributed by atoms with Crippen molar-refractivity contribution in [2.24, 2.45) is 5.92 Å². The molecule has 0 spiro atoms. The quantitative estimate of drug-likeness (QED) is 0.806. The molecule has 2 aromatic rings. The third kappa shape index (κ3) is 4.47. The number of fused-ring (bicyclic) bond motifs is 1. The number of aromatic nitrogens is 2. The largest absolute Gasteiger partial charge is 0.372 e. The van der Waals surface area contributed by atoms with Gasteiger partial charge in [0, 0.05) is 37.5 Å². The average Bonchev–Trinajstić information content (AvgIpc) is 3.08. The summed E-state index contributed by atoms with van der Waals surface area (Å²) in [5.74, 6) is -0.00464. The number of rotatable bonds is 7. The number of nitrogens with one attached hydrogen (secondary N) is 1. The van der Waals surface area contributed by atoms with Crippen LogP contribution in [-0.2, 0) is 27.4 Å². The molecule has 0 saturated carbocycles. The van der Waals surface area contributed by atoms with Crippen LogP contribution < -0.4 is 5.32 Å². The van der Waals surface area contributed by atoms with E-state index in [1.807, 2.05) is 35.9 Å². The standard InChI is InChI=1S/C20H28N4O3/c1-3-24-18-8-6-5-7-16(18)17(22-24)13-21-20(26)15-9-11-23(12-10-15)19(25)14-27-4-2/h5-8,15H,3-4,9-14H2,1-2H3,(H,21,26). The minimum atomic E-state index is -0.0549. The van der Waals surface area contributed by atoms with Crippen molar-refractivity contribution >= 4 is 22.7 Å². The Hall–Kier alpha value is -2.41. The predicted molar refractivity (Wildman–Crippen MR) is 103 cm³/mol. The van der Waals surface area contributed by atoms with Crippen molar-refractivity contribution in [1.82, 2.24) is 20.0 Å². The highest BCUT2D eigenvalue weighted by molar-refractivity contribution is 5.83. The molecule has 1 aliphatic rings. The highest BCUT2D eigenvalue weighted by atomic mass is 16.5. The van der Waals surface area contributed by atoms with E-state index < -0.39 is 0 Å². The molecule has 1 fully saturated rings. The second-order valence-electron chi connectivity index (χ2n) is 6.79. The van der Waals surface area contributed by atoms with Crippen molar-refractivity contribution in [2.45, 2.75) is 39.8 Å². The van der Waals surface area contributed by atoms with Crippen molar-refractivity contribution in [3.8, 4) is 0 Å². The van der Waals surface area contributed by atoms with Crippen molar-refractivity contribution < 1.29 is 14.3 Å². The van der Waals surface area contributed by atoms with Crippen LogP contribution in [0.1, 0.15) is 32.4 Å². The second-order valence-corrected chi connectivity index (χ2v) is 6.79. The molecule has 0 aliphatic carbocycles. The number of ether oxygens (including phenoxy) is 1. The van der Waals surface area contributed by atoms with E-state index in [9.17, 15) is 9.59 Å². The maximum atomic E-state index is 12.6. The van der Waals surface area contributed by atoms with Crippen LogP contribution in [0.25, 0.3) is 10.9 Å². The number of para-hydroxylation sites is 1. The third-order valence-electron chi connectivity index (χ3n) is 5.11. The lowest BCUT2D eigenvalue weighted by Crippen LogP contribution is -2.44. The molecule has 2 heterocycles. The Bertz CT molecular complexity index is 794. The Morgan fingerprint density at radius 2 is 1.96 bits per heavy atom.